The number of anilines is 2. The summed E-state index contributed by atoms with van der Waals surface area (Å²) in [4.78, 5) is 42.0. The van der Waals surface area contributed by atoms with E-state index in [4.69, 9.17) is 33.7 Å². The summed E-state index contributed by atoms with van der Waals surface area (Å²) in [5.41, 5.74) is 4.87. The van der Waals surface area contributed by atoms with E-state index in [0.717, 1.165) is 6.42 Å². The van der Waals surface area contributed by atoms with Crippen LogP contribution in [0.15, 0.2) is 27.8 Å². The van der Waals surface area contributed by atoms with Crippen molar-refractivity contribution in [3.05, 3.63) is 49.1 Å². The molecule has 0 saturated carbocycles. The molecule has 2 rings (SSSR count). The molecule has 176 valence electrons. The van der Waals surface area contributed by atoms with E-state index in [1.165, 1.54) is 15.5 Å². The number of ether oxygens (including phenoxy) is 1. The van der Waals surface area contributed by atoms with E-state index in [1.807, 2.05) is 20.8 Å². The highest BCUT2D eigenvalue weighted by Gasteiger charge is 2.29. The van der Waals surface area contributed by atoms with Crippen LogP contribution in [0.5, 0.6) is 5.75 Å². The van der Waals surface area contributed by atoms with E-state index in [1.54, 1.807) is 19.1 Å². The lowest BCUT2D eigenvalue weighted by molar-refractivity contribution is -0.124. The quantitative estimate of drug-likeness (QED) is 0.527. The van der Waals surface area contributed by atoms with Gasteiger partial charge in [-0.3, -0.25) is 19.1 Å². The number of rotatable bonds is 10. The smallest absolute Gasteiger partial charge is 0.330 e. The van der Waals surface area contributed by atoms with Crippen molar-refractivity contribution in [2.45, 2.75) is 59.6 Å². The third kappa shape index (κ3) is 6.29. The Morgan fingerprint density at radius 3 is 2.53 bits per heavy atom. The van der Waals surface area contributed by atoms with Crippen LogP contribution >= 0.6 is 23.2 Å². The second-order valence-corrected chi connectivity index (χ2v) is 8.85. The number of H-pyrrole nitrogens is 1. The van der Waals surface area contributed by atoms with Crippen LogP contribution in [0.1, 0.15) is 47.0 Å². The number of hydrogen-bond donors (Lipinski definition) is 2. The van der Waals surface area contributed by atoms with E-state index in [2.05, 4.69) is 4.98 Å². The second kappa shape index (κ2) is 11.4. The summed E-state index contributed by atoms with van der Waals surface area (Å²) in [7, 11) is 0. The number of carbonyl (C=O) groups excluding carboxylic acids is 1. The van der Waals surface area contributed by atoms with Gasteiger partial charge < -0.3 is 15.4 Å². The van der Waals surface area contributed by atoms with Gasteiger partial charge in [-0.15, -0.1) is 0 Å². The number of benzene rings is 1. The zero-order chi connectivity index (χ0) is 24.0. The average molecular weight is 485 g/mol. The van der Waals surface area contributed by atoms with Crippen LogP contribution in [-0.2, 0) is 11.3 Å². The van der Waals surface area contributed by atoms with Gasteiger partial charge in [0.1, 0.15) is 11.6 Å². The third-order valence-corrected chi connectivity index (χ3v) is 5.49. The van der Waals surface area contributed by atoms with Crippen molar-refractivity contribution in [2.75, 3.05) is 17.2 Å². The number of nitrogens with zero attached hydrogens (tertiary/aromatic N) is 2. The first-order valence-electron chi connectivity index (χ1n) is 10.6. The molecule has 3 N–H and O–H groups in total. The molecule has 0 saturated heterocycles. The second-order valence-electron chi connectivity index (χ2n) is 8.01. The van der Waals surface area contributed by atoms with Crippen molar-refractivity contribution in [3.63, 3.8) is 0 Å². The molecule has 1 atom stereocenters. The average Bonchev–Trinajstić information content (AvgIpc) is 2.71. The Morgan fingerprint density at radius 1 is 1.25 bits per heavy atom. The molecule has 0 aliphatic carbocycles. The molecule has 1 heterocycles. The third-order valence-electron chi connectivity index (χ3n) is 4.96. The van der Waals surface area contributed by atoms with Crippen molar-refractivity contribution >= 4 is 40.6 Å². The molecule has 0 aliphatic heterocycles. The molecule has 8 nitrogen and oxygen atoms in total. The summed E-state index contributed by atoms with van der Waals surface area (Å²) >= 11 is 12.1. The number of aromatic amines is 1. The van der Waals surface area contributed by atoms with Gasteiger partial charge in [0.25, 0.3) is 11.5 Å². The van der Waals surface area contributed by atoms with Gasteiger partial charge >= 0.3 is 5.69 Å². The molecule has 1 aromatic heterocycles. The minimum Gasteiger partial charge on any atom is -0.479 e. The predicted molar refractivity (Wildman–Crippen MR) is 129 cm³/mol. The van der Waals surface area contributed by atoms with Crippen LogP contribution < -0.4 is 26.6 Å². The van der Waals surface area contributed by atoms with E-state index >= 15 is 0 Å². The maximum Gasteiger partial charge on any atom is 0.330 e. The highest BCUT2D eigenvalue weighted by molar-refractivity contribution is 6.35. The molecule has 1 amide bonds. The van der Waals surface area contributed by atoms with Gasteiger partial charge in [0.05, 0.1) is 5.02 Å². The van der Waals surface area contributed by atoms with E-state index < -0.39 is 23.3 Å². The van der Waals surface area contributed by atoms with Gasteiger partial charge in [-0.2, -0.15) is 0 Å². The van der Waals surface area contributed by atoms with E-state index in [-0.39, 0.29) is 34.7 Å². The largest absolute Gasteiger partial charge is 0.479 e. The van der Waals surface area contributed by atoms with Gasteiger partial charge in [0.2, 0.25) is 0 Å². The van der Waals surface area contributed by atoms with Crippen LogP contribution in [0.3, 0.4) is 0 Å². The van der Waals surface area contributed by atoms with Crippen LogP contribution in [-0.4, -0.2) is 28.1 Å². The molecule has 1 aromatic carbocycles. The van der Waals surface area contributed by atoms with Crippen LogP contribution in [0.2, 0.25) is 10.0 Å². The zero-order valence-electron chi connectivity index (χ0n) is 18.8. The topological polar surface area (TPSA) is 110 Å². The number of hydrogen-bond acceptors (Lipinski definition) is 5. The van der Waals surface area contributed by atoms with Gasteiger partial charge in [-0.25, -0.2) is 4.79 Å². The Hall–Kier alpha value is -2.45. The Bertz CT molecular complexity index is 1060. The fourth-order valence-corrected chi connectivity index (χ4v) is 3.58. The number of nitrogens with two attached hydrogens (primary N) is 1. The number of unbranched alkanes of at least 4 members (excludes halogenated alkanes) is 1. The molecule has 1 unspecified atom stereocenters. The van der Waals surface area contributed by atoms with Crippen LogP contribution in [0.4, 0.5) is 11.5 Å². The van der Waals surface area contributed by atoms with Crippen molar-refractivity contribution in [3.8, 4) is 5.75 Å². The fraction of sp³-hybridized carbons (Fsp3) is 0.500. The lowest BCUT2D eigenvalue weighted by Crippen LogP contribution is -2.46. The molecular weight excluding hydrogens is 455 g/mol. The number of amides is 1. The van der Waals surface area contributed by atoms with Crippen molar-refractivity contribution in [2.24, 2.45) is 5.92 Å². The number of carbonyl (C=O) groups is 1. The summed E-state index contributed by atoms with van der Waals surface area (Å²) in [6, 6.07) is 4.68. The number of nitrogens with one attached hydrogen (secondary N) is 1. The lowest BCUT2D eigenvalue weighted by Gasteiger charge is -2.28. The van der Waals surface area contributed by atoms with Gasteiger partial charge in [-0.1, -0.05) is 50.4 Å². The summed E-state index contributed by atoms with van der Waals surface area (Å²) < 4.78 is 7.06. The molecule has 0 bridgehead atoms. The van der Waals surface area contributed by atoms with Crippen LogP contribution in [0, 0.1) is 5.92 Å². The van der Waals surface area contributed by atoms with Gasteiger partial charge in [-0.05, 0) is 43.9 Å². The number of nitrogen functional groups attached to an aromatic ring is 1. The Labute approximate surface area is 197 Å². The van der Waals surface area contributed by atoms with Crippen molar-refractivity contribution in [1.29, 1.82) is 0 Å². The lowest BCUT2D eigenvalue weighted by atomic mass is 10.1. The van der Waals surface area contributed by atoms with Gasteiger partial charge in [0, 0.05) is 18.1 Å². The predicted octanol–water partition coefficient (Wildman–Crippen LogP) is 4.07. The minimum absolute atomic E-state index is 0.0407. The molecule has 0 aliphatic rings. The normalized spacial score (nSPS) is 12.1. The minimum atomic E-state index is -0.976. The van der Waals surface area contributed by atoms with Gasteiger partial charge in [0.15, 0.2) is 11.8 Å². The Kier molecular flexibility index (Phi) is 9.21. The highest BCUT2D eigenvalue weighted by Crippen LogP contribution is 2.29. The zero-order valence-corrected chi connectivity index (χ0v) is 20.3. The molecule has 0 spiro atoms. The highest BCUT2D eigenvalue weighted by atomic mass is 35.5. The van der Waals surface area contributed by atoms with E-state index in [0.29, 0.717) is 24.4 Å². The van der Waals surface area contributed by atoms with Crippen molar-refractivity contribution < 1.29 is 9.53 Å². The number of aromatic nitrogens is 2. The summed E-state index contributed by atoms with van der Waals surface area (Å²) in [6.07, 6.45) is 1.18. The SMILES string of the molecule is CCCCn1c(N)c(N(CCC(C)C)C(=O)C(C)Oc2ccc(Cl)cc2Cl)c(=O)[nH]c1=O. The molecule has 0 fully saturated rings. The Balaban J connectivity index is 2.46. The summed E-state index contributed by atoms with van der Waals surface area (Å²) in [6.45, 7) is 8.12. The first kappa shape index (κ1) is 25.8. The van der Waals surface area contributed by atoms with E-state index in [9.17, 15) is 14.4 Å². The van der Waals surface area contributed by atoms with Crippen LogP contribution in [0.25, 0.3) is 0 Å². The first-order valence-corrected chi connectivity index (χ1v) is 11.4. The number of halogens is 2. The molecule has 32 heavy (non-hydrogen) atoms. The first-order chi connectivity index (χ1) is 15.1. The molecule has 0 radical (unpaired) electrons. The van der Waals surface area contributed by atoms with Crippen molar-refractivity contribution in [1.82, 2.24) is 9.55 Å². The Morgan fingerprint density at radius 2 is 1.94 bits per heavy atom. The maximum atomic E-state index is 13.4. The molecule has 10 heteroatoms. The molecule has 2 aromatic rings. The monoisotopic (exact) mass is 484 g/mol. The fourth-order valence-electron chi connectivity index (χ4n) is 3.13. The summed E-state index contributed by atoms with van der Waals surface area (Å²) in [5, 5.41) is 0.699. The maximum absolute atomic E-state index is 13.4. The summed E-state index contributed by atoms with van der Waals surface area (Å²) in [5.74, 6) is 0.0321. The molecular formula is C22H30Cl2N4O4. The standard InChI is InChI=1S/C22H30Cl2N4O4/c1-5-6-10-28-19(25)18(20(29)26-22(28)31)27(11-9-13(2)3)21(30)14(4)32-17-8-7-15(23)12-16(17)24/h7-8,12-14H,5-6,9-11,25H2,1-4H3,(H,26,29,31).